The van der Waals surface area contributed by atoms with Crippen molar-refractivity contribution in [3.8, 4) is 45.0 Å². The molecule has 12 rings (SSSR count). The normalized spacial score (nSPS) is 19.1. The molecule has 2 heteroatoms. The van der Waals surface area contributed by atoms with Gasteiger partial charge in [0.25, 0.3) is 0 Å². The SMILES string of the molecule is CC1C=CC(c2ccc(-c3cc(-c4ccccc4)nc(-c4ccc(C5(c6ccccc6)c6ccccc6C6(c7ccccc7)c7ccccc7-c7cccc5c76)cc4)n3)cc2)=CC1. The molecule has 1 heterocycles. The van der Waals surface area contributed by atoms with Gasteiger partial charge in [0.15, 0.2) is 5.82 Å². The molecule has 0 spiro atoms. The molecule has 3 atom stereocenters. The first kappa shape index (κ1) is 37.1. The van der Waals surface area contributed by atoms with Crippen LogP contribution >= 0.6 is 0 Å². The van der Waals surface area contributed by atoms with Gasteiger partial charge in [-0.05, 0) is 85.2 Å². The lowest BCUT2D eigenvalue weighted by atomic mass is 9.52. The van der Waals surface area contributed by atoms with Crippen LogP contribution < -0.4 is 0 Å². The van der Waals surface area contributed by atoms with Gasteiger partial charge in [0.05, 0.1) is 22.2 Å². The Balaban J connectivity index is 1.05. The Morgan fingerprint density at radius 1 is 0.413 bits per heavy atom. The van der Waals surface area contributed by atoms with E-state index >= 15 is 0 Å². The molecule has 0 fully saturated rings. The van der Waals surface area contributed by atoms with Crippen LogP contribution in [0.25, 0.3) is 50.6 Å². The molecule has 298 valence electrons. The number of rotatable bonds is 7. The summed E-state index contributed by atoms with van der Waals surface area (Å²) in [6.45, 7) is 2.26. The zero-order valence-corrected chi connectivity index (χ0v) is 35.1. The van der Waals surface area contributed by atoms with E-state index in [0.717, 1.165) is 34.5 Å². The number of nitrogens with zero attached hydrogens (tertiary/aromatic N) is 2. The van der Waals surface area contributed by atoms with Crippen molar-refractivity contribution in [2.24, 2.45) is 5.92 Å². The molecule has 0 N–H and O–H groups in total. The van der Waals surface area contributed by atoms with Crippen molar-refractivity contribution in [2.75, 3.05) is 0 Å². The maximum atomic E-state index is 5.30. The molecular formula is C61H44N2. The van der Waals surface area contributed by atoms with Crippen molar-refractivity contribution in [1.82, 2.24) is 9.97 Å². The van der Waals surface area contributed by atoms with Gasteiger partial charge in [0, 0.05) is 16.7 Å². The molecule has 3 aliphatic carbocycles. The van der Waals surface area contributed by atoms with E-state index in [9.17, 15) is 0 Å². The van der Waals surface area contributed by atoms with Crippen LogP contribution in [0.1, 0.15) is 63.4 Å². The molecule has 0 aliphatic heterocycles. The maximum Gasteiger partial charge on any atom is 0.160 e. The molecule has 3 unspecified atom stereocenters. The molecular weight excluding hydrogens is 761 g/mol. The molecule has 0 radical (unpaired) electrons. The monoisotopic (exact) mass is 804 g/mol. The Hall–Kier alpha value is -7.68. The Kier molecular flexibility index (Phi) is 8.69. The highest BCUT2D eigenvalue weighted by Gasteiger charge is 2.57. The minimum absolute atomic E-state index is 0.485. The summed E-state index contributed by atoms with van der Waals surface area (Å²) in [6, 6.07) is 78.1. The Labute approximate surface area is 369 Å². The zero-order chi connectivity index (χ0) is 42.0. The number of hydrogen-bond donors (Lipinski definition) is 0. The van der Waals surface area contributed by atoms with Crippen molar-refractivity contribution in [2.45, 2.75) is 24.2 Å². The Morgan fingerprint density at radius 2 is 0.905 bits per heavy atom. The third-order valence-corrected chi connectivity index (χ3v) is 13.8. The molecule has 2 nitrogen and oxygen atoms in total. The van der Waals surface area contributed by atoms with Crippen molar-refractivity contribution in [3.05, 3.63) is 281 Å². The molecule has 3 aliphatic rings. The van der Waals surface area contributed by atoms with E-state index in [1.807, 2.05) is 0 Å². The van der Waals surface area contributed by atoms with Crippen LogP contribution in [0.3, 0.4) is 0 Å². The van der Waals surface area contributed by atoms with Crippen LogP contribution in [-0.4, -0.2) is 9.97 Å². The van der Waals surface area contributed by atoms with Gasteiger partial charge >= 0.3 is 0 Å². The second kappa shape index (κ2) is 14.8. The third kappa shape index (κ3) is 5.64. The van der Waals surface area contributed by atoms with Gasteiger partial charge in [-0.1, -0.05) is 231 Å². The highest BCUT2D eigenvalue weighted by Crippen LogP contribution is 2.65. The first-order valence-electron chi connectivity index (χ1n) is 22.1. The summed E-state index contributed by atoms with van der Waals surface area (Å²) in [7, 11) is 0. The zero-order valence-electron chi connectivity index (χ0n) is 35.1. The van der Waals surface area contributed by atoms with Crippen molar-refractivity contribution in [3.63, 3.8) is 0 Å². The molecule has 0 saturated heterocycles. The lowest BCUT2D eigenvalue weighted by Gasteiger charge is -2.49. The molecule has 63 heavy (non-hydrogen) atoms. The maximum absolute atomic E-state index is 5.30. The van der Waals surface area contributed by atoms with Gasteiger partial charge in [0.1, 0.15) is 0 Å². The topological polar surface area (TPSA) is 25.8 Å². The number of aromatic nitrogens is 2. The van der Waals surface area contributed by atoms with E-state index in [4.69, 9.17) is 9.97 Å². The molecule has 0 amide bonds. The van der Waals surface area contributed by atoms with Crippen molar-refractivity contribution in [1.29, 1.82) is 0 Å². The molecule has 0 bridgehead atoms. The van der Waals surface area contributed by atoms with Gasteiger partial charge in [-0.3, -0.25) is 0 Å². The van der Waals surface area contributed by atoms with Crippen molar-refractivity contribution < 1.29 is 0 Å². The fourth-order valence-corrected chi connectivity index (χ4v) is 11.0. The van der Waals surface area contributed by atoms with Crippen LogP contribution in [-0.2, 0) is 10.8 Å². The van der Waals surface area contributed by atoms with Crippen LogP contribution in [0.2, 0.25) is 0 Å². The van der Waals surface area contributed by atoms with Crippen LogP contribution in [0.4, 0.5) is 0 Å². The quantitative estimate of drug-likeness (QED) is 0.160. The fraction of sp³-hybridized carbons (Fsp3) is 0.0820. The van der Waals surface area contributed by atoms with E-state index in [2.05, 4.69) is 237 Å². The van der Waals surface area contributed by atoms with E-state index in [0.29, 0.717) is 11.7 Å². The second-order valence-corrected chi connectivity index (χ2v) is 17.3. The van der Waals surface area contributed by atoms with Gasteiger partial charge in [-0.15, -0.1) is 0 Å². The first-order valence-corrected chi connectivity index (χ1v) is 22.1. The number of hydrogen-bond acceptors (Lipinski definition) is 2. The summed E-state index contributed by atoms with van der Waals surface area (Å²) in [5.41, 5.74) is 19.2. The van der Waals surface area contributed by atoms with E-state index in [1.165, 1.54) is 66.8 Å². The van der Waals surface area contributed by atoms with E-state index in [-0.39, 0.29) is 0 Å². The standard InChI is InChI=1S/C61H44N2/c1-41-28-30-42(31-29-41)43-32-34-45(35-33-43)57-40-56(44-16-5-2-6-17-44)62-59(63-57)46-36-38-49(39-37-46)60(47-18-7-3-8-19-47)53-25-13-14-26-54(53)61(48-20-9-4-10-21-48)52-24-12-11-22-50(52)51-23-15-27-55(60)58(51)61/h2-28,30-41H,29H2,1H3. The van der Waals surface area contributed by atoms with Gasteiger partial charge in [0.2, 0.25) is 0 Å². The number of benzene rings is 8. The predicted molar refractivity (Wildman–Crippen MR) is 258 cm³/mol. The van der Waals surface area contributed by atoms with Crippen LogP contribution in [0, 0.1) is 5.92 Å². The second-order valence-electron chi connectivity index (χ2n) is 17.3. The largest absolute Gasteiger partial charge is 0.228 e. The lowest BCUT2D eigenvalue weighted by molar-refractivity contribution is 0.627. The van der Waals surface area contributed by atoms with Crippen LogP contribution in [0.5, 0.6) is 0 Å². The molecule has 9 aromatic rings. The summed E-state index contributed by atoms with van der Waals surface area (Å²) in [4.78, 5) is 10.5. The highest BCUT2D eigenvalue weighted by molar-refractivity contribution is 5.92. The average molecular weight is 805 g/mol. The Bertz CT molecular complexity index is 3240. The summed E-state index contributed by atoms with van der Waals surface area (Å²) in [6.07, 6.45) is 7.96. The number of fused-ring (bicyclic) bond motifs is 5. The predicted octanol–water partition coefficient (Wildman–Crippen LogP) is 14.5. The lowest BCUT2D eigenvalue weighted by Crippen LogP contribution is -2.44. The van der Waals surface area contributed by atoms with E-state index in [1.54, 1.807) is 0 Å². The van der Waals surface area contributed by atoms with Gasteiger partial charge in [-0.25, -0.2) is 9.97 Å². The molecule has 8 aromatic carbocycles. The smallest absolute Gasteiger partial charge is 0.160 e. The summed E-state index contributed by atoms with van der Waals surface area (Å²) in [5.74, 6) is 1.28. The summed E-state index contributed by atoms with van der Waals surface area (Å²) >= 11 is 0. The fourth-order valence-electron chi connectivity index (χ4n) is 11.0. The minimum atomic E-state index is -0.622. The first-order chi connectivity index (χ1) is 31.1. The van der Waals surface area contributed by atoms with Crippen molar-refractivity contribution >= 4 is 5.57 Å². The van der Waals surface area contributed by atoms with Gasteiger partial charge in [-0.2, -0.15) is 0 Å². The minimum Gasteiger partial charge on any atom is -0.228 e. The highest BCUT2D eigenvalue weighted by atomic mass is 14.9. The summed E-state index contributed by atoms with van der Waals surface area (Å²) in [5, 5.41) is 0. The molecule has 0 saturated carbocycles. The summed E-state index contributed by atoms with van der Waals surface area (Å²) < 4.78 is 0. The average Bonchev–Trinajstić information content (AvgIpc) is 3.67. The number of allylic oxidation sites excluding steroid dienone is 4. The third-order valence-electron chi connectivity index (χ3n) is 13.8. The molecule has 1 aromatic heterocycles. The van der Waals surface area contributed by atoms with Crippen LogP contribution in [0.15, 0.2) is 231 Å². The van der Waals surface area contributed by atoms with Gasteiger partial charge < -0.3 is 0 Å². The van der Waals surface area contributed by atoms with E-state index < -0.39 is 10.8 Å². The Morgan fingerprint density at radius 3 is 1.56 bits per heavy atom.